The van der Waals surface area contributed by atoms with Gasteiger partial charge in [0.2, 0.25) is 0 Å². The maximum absolute atomic E-state index is 11.5. The molecule has 1 heterocycles. The molecule has 1 rings (SSSR count). The number of thioether (sulfide) groups is 1. The van der Waals surface area contributed by atoms with E-state index in [9.17, 15) is 14.7 Å². The number of rotatable bonds is 4. The van der Waals surface area contributed by atoms with Crippen LogP contribution in [0.1, 0.15) is 13.8 Å². The molecule has 0 saturated carbocycles. The van der Waals surface area contributed by atoms with Crippen molar-refractivity contribution in [2.45, 2.75) is 19.4 Å². The van der Waals surface area contributed by atoms with Gasteiger partial charge in [0.25, 0.3) is 11.8 Å². The van der Waals surface area contributed by atoms with Gasteiger partial charge < -0.3 is 5.11 Å². The molecule has 1 unspecified atom stereocenters. The number of aliphatic hydroxyl groups is 1. The minimum atomic E-state index is -1.02. The lowest BCUT2D eigenvalue weighted by Crippen LogP contribution is -2.45. The summed E-state index contributed by atoms with van der Waals surface area (Å²) in [5.41, 5.74) is -0.594. The van der Waals surface area contributed by atoms with Gasteiger partial charge in [0, 0.05) is 17.4 Å². The molecule has 1 N–H and O–H groups in total. The van der Waals surface area contributed by atoms with Crippen LogP contribution in [0.5, 0.6) is 0 Å². The molecular formula is C10H15NO3S. The van der Waals surface area contributed by atoms with Crippen molar-refractivity contribution >= 4 is 23.6 Å². The summed E-state index contributed by atoms with van der Waals surface area (Å²) in [6.07, 6.45) is 3.17. The molecule has 84 valence electrons. The van der Waals surface area contributed by atoms with Crippen LogP contribution < -0.4 is 0 Å². The van der Waals surface area contributed by atoms with E-state index >= 15 is 0 Å². The van der Waals surface area contributed by atoms with Gasteiger partial charge >= 0.3 is 0 Å². The van der Waals surface area contributed by atoms with E-state index in [1.54, 1.807) is 13.8 Å². The number of amides is 2. The average molecular weight is 229 g/mol. The summed E-state index contributed by atoms with van der Waals surface area (Å²) in [5, 5.41) is 9.91. The molecule has 0 bridgehead atoms. The third-order valence-corrected chi connectivity index (χ3v) is 3.05. The Kier molecular flexibility index (Phi) is 3.57. The lowest BCUT2D eigenvalue weighted by atomic mass is 10.1. The normalized spacial score (nSPS) is 20.5. The van der Waals surface area contributed by atoms with E-state index in [2.05, 4.69) is 0 Å². The second-order valence-electron chi connectivity index (χ2n) is 3.99. The Morgan fingerprint density at radius 2 is 2.13 bits per heavy atom. The van der Waals surface area contributed by atoms with Crippen LogP contribution in [0.3, 0.4) is 0 Å². The Labute approximate surface area is 93.3 Å². The summed E-state index contributed by atoms with van der Waals surface area (Å²) in [6.45, 7) is 3.28. The number of hydrogen-bond acceptors (Lipinski definition) is 4. The van der Waals surface area contributed by atoms with Gasteiger partial charge in [-0.1, -0.05) is 0 Å². The Morgan fingerprint density at radius 3 is 2.53 bits per heavy atom. The van der Waals surface area contributed by atoms with Gasteiger partial charge in [-0.15, -0.1) is 0 Å². The van der Waals surface area contributed by atoms with E-state index in [1.807, 2.05) is 6.26 Å². The predicted molar refractivity (Wildman–Crippen MR) is 59.5 cm³/mol. The first-order chi connectivity index (χ1) is 6.87. The maximum Gasteiger partial charge on any atom is 0.256 e. The standard InChI is InChI=1S/C10H15NO3S/c1-7-4-8(12)11(9(7)13)5-10(2,14)6-15-3/h4,14H,5-6H2,1-3H3. The summed E-state index contributed by atoms with van der Waals surface area (Å²) in [7, 11) is 0. The van der Waals surface area contributed by atoms with Gasteiger partial charge in [-0.2, -0.15) is 11.8 Å². The Hall–Kier alpha value is -0.810. The molecule has 1 aliphatic heterocycles. The quantitative estimate of drug-likeness (QED) is 0.710. The molecule has 2 amide bonds. The number of imide groups is 1. The van der Waals surface area contributed by atoms with E-state index in [-0.39, 0.29) is 18.4 Å². The number of nitrogens with zero attached hydrogens (tertiary/aromatic N) is 1. The zero-order valence-electron chi connectivity index (χ0n) is 9.11. The lowest BCUT2D eigenvalue weighted by molar-refractivity contribution is -0.140. The first kappa shape index (κ1) is 12.3. The molecule has 0 aromatic rings. The van der Waals surface area contributed by atoms with E-state index in [0.29, 0.717) is 11.3 Å². The van der Waals surface area contributed by atoms with Crippen molar-refractivity contribution in [2.75, 3.05) is 18.6 Å². The van der Waals surface area contributed by atoms with Gasteiger partial charge in [0.05, 0.1) is 12.1 Å². The van der Waals surface area contributed by atoms with Crippen molar-refractivity contribution in [2.24, 2.45) is 0 Å². The van der Waals surface area contributed by atoms with Crippen molar-refractivity contribution in [1.82, 2.24) is 4.90 Å². The van der Waals surface area contributed by atoms with Crippen LogP contribution in [0.2, 0.25) is 0 Å². The molecule has 0 aromatic carbocycles. The molecule has 15 heavy (non-hydrogen) atoms. The smallest absolute Gasteiger partial charge is 0.256 e. The highest BCUT2D eigenvalue weighted by Crippen LogP contribution is 2.18. The van der Waals surface area contributed by atoms with Crippen molar-refractivity contribution in [1.29, 1.82) is 0 Å². The fraction of sp³-hybridized carbons (Fsp3) is 0.600. The second-order valence-corrected chi connectivity index (χ2v) is 4.85. The number of carbonyl (C=O) groups is 2. The minimum Gasteiger partial charge on any atom is -0.387 e. The molecule has 1 atom stereocenters. The van der Waals surface area contributed by atoms with Gasteiger partial charge in [0.15, 0.2) is 0 Å². The molecular weight excluding hydrogens is 214 g/mol. The molecule has 0 aromatic heterocycles. The summed E-state index contributed by atoms with van der Waals surface area (Å²) >= 11 is 1.48. The van der Waals surface area contributed by atoms with Crippen LogP contribution in [0, 0.1) is 0 Å². The summed E-state index contributed by atoms with van der Waals surface area (Å²) < 4.78 is 0. The van der Waals surface area contributed by atoms with Crippen LogP contribution in [0.4, 0.5) is 0 Å². The molecule has 0 radical (unpaired) electrons. The Bertz CT molecular complexity index is 323. The van der Waals surface area contributed by atoms with E-state index in [4.69, 9.17) is 0 Å². The number of carbonyl (C=O) groups excluding carboxylic acids is 2. The van der Waals surface area contributed by atoms with Crippen LogP contribution in [-0.4, -0.2) is 46.0 Å². The largest absolute Gasteiger partial charge is 0.387 e. The predicted octanol–water partition coefficient (Wildman–Crippen LogP) is 0.416. The second kappa shape index (κ2) is 4.37. The maximum atomic E-state index is 11.5. The zero-order chi connectivity index (χ0) is 11.6. The highest BCUT2D eigenvalue weighted by atomic mass is 32.2. The molecule has 0 aliphatic carbocycles. The number of β-amino-alcohol motifs (C(OH)–C–C–N with tert-alkyl or cyclic N) is 1. The summed E-state index contributed by atoms with van der Waals surface area (Å²) in [4.78, 5) is 24.0. The average Bonchev–Trinajstić information content (AvgIpc) is 2.32. The van der Waals surface area contributed by atoms with Crippen LogP contribution in [0.15, 0.2) is 11.6 Å². The molecule has 5 heteroatoms. The van der Waals surface area contributed by atoms with Gasteiger partial charge in [0.1, 0.15) is 0 Å². The van der Waals surface area contributed by atoms with Crippen LogP contribution in [0.25, 0.3) is 0 Å². The lowest BCUT2D eigenvalue weighted by Gasteiger charge is -2.27. The topological polar surface area (TPSA) is 57.6 Å². The molecule has 1 aliphatic rings. The van der Waals surface area contributed by atoms with Crippen molar-refractivity contribution in [3.8, 4) is 0 Å². The highest BCUT2D eigenvalue weighted by Gasteiger charge is 2.34. The molecule has 0 fully saturated rings. The fourth-order valence-corrected chi connectivity index (χ4v) is 2.20. The molecule has 4 nitrogen and oxygen atoms in total. The third kappa shape index (κ3) is 2.82. The Balaban J connectivity index is 2.68. The van der Waals surface area contributed by atoms with Crippen molar-refractivity contribution in [3.63, 3.8) is 0 Å². The van der Waals surface area contributed by atoms with E-state index < -0.39 is 5.60 Å². The molecule has 0 spiro atoms. The van der Waals surface area contributed by atoms with Crippen molar-refractivity contribution < 1.29 is 14.7 Å². The van der Waals surface area contributed by atoms with Crippen LogP contribution >= 0.6 is 11.8 Å². The molecule has 0 saturated heterocycles. The van der Waals surface area contributed by atoms with Gasteiger partial charge in [-0.05, 0) is 20.1 Å². The SMILES string of the molecule is CSCC(C)(O)CN1C(=O)C=C(C)C1=O. The zero-order valence-corrected chi connectivity index (χ0v) is 9.93. The highest BCUT2D eigenvalue weighted by molar-refractivity contribution is 7.98. The monoisotopic (exact) mass is 229 g/mol. The summed E-state index contributed by atoms with van der Waals surface area (Å²) in [6, 6.07) is 0. The van der Waals surface area contributed by atoms with Gasteiger partial charge in [-0.25, -0.2) is 0 Å². The van der Waals surface area contributed by atoms with Gasteiger partial charge in [-0.3, -0.25) is 14.5 Å². The minimum absolute atomic E-state index is 0.0549. The van der Waals surface area contributed by atoms with Crippen molar-refractivity contribution in [3.05, 3.63) is 11.6 Å². The third-order valence-electron chi connectivity index (χ3n) is 2.14. The first-order valence-electron chi connectivity index (χ1n) is 4.63. The first-order valence-corrected chi connectivity index (χ1v) is 6.02. The fourth-order valence-electron chi connectivity index (χ4n) is 1.48. The van der Waals surface area contributed by atoms with E-state index in [1.165, 1.54) is 17.8 Å². The Morgan fingerprint density at radius 1 is 1.53 bits per heavy atom. The summed E-state index contributed by atoms with van der Waals surface area (Å²) in [5.74, 6) is -0.149. The van der Waals surface area contributed by atoms with Crippen LogP contribution in [-0.2, 0) is 9.59 Å². The van der Waals surface area contributed by atoms with E-state index in [0.717, 1.165) is 4.90 Å². The number of hydrogen-bond donors (Lipinski definition) is 1.